The van der Waals surface area contributed by atoms with E-state index in [4.69, 9.17) is 12.2 Å². The van der Waals surface area contributed by atoms with Gasteiger partial charge in [0.25, 0.3) is 11.8 Å². The summed E-state index contributed by atoms with van der Waals surface area (Å²) in [6, 6.07) is 7.28. The number of fused-ring (bicyclic) bond motifs is 1. The fraction of sp³-hybridized carbons (Fsp3) is 0.250. The monoisotopic (exact) mass is 361 g/mol. The quantitative estimate of drug-likeness (QED) is 0.582. The summed E-state index contributed by atoms with van der Waals surface area (Å²) in [4.78, 5) is 39.1. The highest BCUT2D eigenvalue weighted by atomic mass is 32.2. The number of carbonyl (C=O) groups excluding carboxylic acids is 3. The molecule has 1 aromatic carbocycles. The van der Waals surface area contributed by atoms with E-state index in [1.54, 1.807) is 11.0 Å². The third-order valence-electron chi connectivity index (χ3n) is 3.86. The van der Waals surface area contributed by atoms with Gasteiger partial charge >= 0.3 is 0 Å². The molecule has 0 aromatic heterocycles. The number of aliphatic carboxylic acids is 1. The Hall–Kier alpha value is -2.19. The molecule has 0 bridgehead atoms. The van der Waals surface area contributed by atoms with Gasteiger partial charge in [-0.2, -0.15) is 0 Å². The van der Waals surface area contributed by atoms with Gasteiger partial charge in [-0.3, -0.25) is 14.5 Å². The molecule has 2 amide bonds. The minimum atomic E-state index is -1.25. The Balaban J connectivity index is 2.04. The Morgan fingerprint density at radius 2 is 1.92 bits per heavy atom. The molecule has 0 saturated carbocycles. The Bertz CT molecular complexity index is 803. The Labute approximate surface area is 148 Å². The molecule has 0 aliphatic carbocycles. The third kappa shape index (κ3) is 2.61. The van der Waals surface area contributed by atoms with E-state index in [1.807, 2.05) is 25.1 Å². The van der Waals surface area contributed by atoms with Gasteiger partial charge in [0.1, 0.15) is 4.32 Å². The number of carbonyl (C=O) groups is 3. The average Bonchev–Trinajstić information content (AvgIpc) is 2.98. The normalized spacial score (nSPS) is 20.1. The van der Waals surface area contributed by atoms with Crippen molar-refractivity contribution in [3.05, 3.63) is 34.7 Å². The molecular weight excluding hydrogens is 348 g/mol. The minimum absolute atomic E-state index is 0.0584. The van der Waals surface area contributed by atoms with Gasteiger partial charge in [-0.05, 0) is 13.0 Å². The van der Waals surface area contributed by atoms with Gasteiger partial charge < -0.3 is 14.8 Å². The van der Waals surface area contributed by atoms with Crippen LogP contribution in [-0.4, -0.2) is 40.1 Å². The minimum Gasteiger partial charge on any atom is -0.550 e. The standard InChI is InChI=1S/C16H14N2O4S2/c1-2-17-10-6-4-3-5-9(10)12(14(17)21)13-15(22)18(16(23)24-13)8-7-11(19)20/h3-6H,2,7-8H2,1H3,(H,19,20)/p-1/b13-12+. The van der Waals surface area contributed by atoms with Crippen molar-refractivity contribution in [2.24, 2.45) is 0 Å². The van der Waals surface area contributed by atoms with E-state index in [2.05, 4.69) is 0 Å². The highest BCUT2D eigenvalue weighted by molar-refractivity contribution is 8.26. The summed E-state index contributed by atoms with van der Waals surface area (Å²) in [5, 5.41) is 10.6. The molecule has 2 aliphatic rings. The number of amides is 2. The predicted octanol–water partition coefficient (Wildman–Crippen LogP) is 0.764. The Morgan fingerprint density at radius 1 is 1.21 bits per heavy atom. The number of rotatable bonds is 4. The molecule has 8 heteroatoms. The van der Waals surface area contributed by atoms with Crippen LogP contribution < -0.4 is 10.0 Å². The summed E-state index contributed by atoms with van der Waals surface area (Å²) >= 11 is 6.21. The van der Waals surface area contributed by atoms with Gasteiger partial charge in [0.2, 0.25) is 0 Å². The lowest BCUT2D eigenvalue weighted by Crippen LogP contribution is -2.34. The van der Waals surface area contributed by atoms with Crippen molar-refractivity contribution >= 4 is 57.3 Å². The van der Waals surface area contributed by atoms with Crippen LogP contribution in [0.25, 0.3) is 5.57 Å². The van der Waals surface area contributed by atoms with Crippen molar-refractivity contribution < 1.29 is 19.5 Å². The number of carboxylic acid groups (broad SMARTS) is 1. The SMILES string of the molecule is CCN1C(=O)/C(=C2/SC(=S)N(CCC(=O)[O-])C2=O)c2ccccc21. The second-order valence-electron chi connectivity index (χ2n) is 5.22. The van der Waals surface area contributed by atoms with Gasteiger partial charge in [-0.1, -0.05) is 42.2 Å². The summed E-state index contributed by atoms with van der Waals surface area (Å²) in [5.74, 6) is -1.92. The fourth-order valence-electron chi connectivity index (χ4n) is 2.76. The highest BCUT2D eigenvalue weighted by Crippen LogP contribution is 2.44. The summed E-state index contributed by atoms with van der Waals surface area (Å²) in [5.41, 5.74) is 1.80. The van der Waals surface area contributed by atoms with Crippen LogP contribution in [0.15, 0.2) is 29.2 Å². The van der Waals surface area contributed by atoms with E-state index in [9.17, 15) is 19.5 Å². The number of nitrogens with zero attached hydrogens (tertiary/aromatic N) is 2. The highest BCUT2D eigenvalue weighted by Gasteiger charge is 2.41. The number of thiocarbonyl (C=S) groups is 1. The largest absolute Gasteiger partial charge is 0.550 e. The van der Waals surface area contributed by atoms with Crippen LogP contribution in [0.1, 0.15) is 18.9 Å². The Kier molecular flexibility index (Phi) is 4.42. The zero-order valence-corrected chi connectivity index (χ0v) is 14.4. The van der Waals surface area contributed by atoms with Crippen molar-refractivity contribution in [2.75, 3.05) is 18.0 Å². The van der Waals surface area contributed by atoms with E-state index in [1.165, 1.54) is 4.90 Å². The van der Waals surface area contributed by atoms with E-state index >= 15 is 0 Å². The van der Waals surface area contributed by atoms with Crippen molar-refractivity contribution in [2.45, 2.75) is 13.3 Å². The zero-order chi connectivity index (χ0) is 17.4. The van der Waals surface area contributed by atoms with E-state index in [0.717, 1.165) is 17.4 Å². The molecule has 0 unspecified atom stereocenters. The van der Waals surface area contributed by atoms with Crippen LogP contribution >= 0.6 is 24.0 Å². The second kappa shape index (κ2) is 6.37. The van der Waals surface area contributed by atoms with E-state index < -0.39 is 11.9 Å². The van der Waals surface area contributed by atoms with Gasteiger partial charge in [-0.25, -0.2) is 0 Å². The molecule has 6 nitrogen and oxygen atoms in total. The smallest absolute Gasteiger partial charge is 0.267 e. The van der Waals surface area contributed by atoms with Crippen molar-refractivity contribution in [1.29, 1.82) is 0 Å². The van der Waals surface area contributed by atoms with Crippen molar-refractivity contribution in [3.8, 4) is 0 Å². The molecule has 124 valence electrons. The molecule has 3 rings (SSSR count). The van der Waals surface area contributed by atoms with Crippen molar-refractivity contribution in [3.63, 3.8) is 0 Å². The molecule has 2 heterocycles. The number of para-hydroxylation sites is 1. The van der Waals surface area contributed by atoms with Crippen LogP contribution in [0, 0.1) is 0 Å². The van der Waals surface area contributed by atoms with Crippen LogP contribution in [-0.2, 0) is 14.4 Å². The second-order valence-corrected chi connectivity index (χ2v) is 6.86. The van der Waals surface area contributed by atoms with Crippen molar-refractivity contribution in [1.82, 2.24) is 4.90 Å². The number of anilines is 1. The first kappa shape index (κ1) is 16.7. The first-order valence-electron chi connectivity index (χ1n) is 7.34. The number of carboxylic acids is 1. The lowest BCUT2D eigenvalue weighted by Gasteiger charge is -2.14. The predicted molar refractivity (Wildman–Crippen MR) is 92.9 cm³/mol. The third-order valence-corrected chi connectivity index (χ3v) is 5.30. The van der Waals surface area contributed by atoms with Crippen LogP contribution in [0.4, 0.5) is 5.69 Å². The molecule has 1 fully saturated rings. The van der Waals surface area contributed by atoms with Gasteiger partial charge in [0.15, 0.2) is 0 Å². The molecule has 2 aliphatic heterocycles. The molecular formula is C16H13N2O4S2-. The van der Waals surface area contributed by atoms with Gasteiger partial charge in [0.05, 0.1) is 16.2 Å². The molecule has 0 spiro atoms. The average molecular weight is 361 g/mol. The lowest BCUT2D eigenvalue weighted by atomic mass is 10.1. The molecule has 1 saturated heterocycles. The van der Waals surface area contributed by atoms with Crippen LogP contribution in [0.5, 0.6) is 0 Å². The molecule has 1 aromatic rings. The molecule has 0 radical (unpaired) electrons. The summed E-state index contributed by atoms with van der Waals surface area (Å²) in [6.07, 6.45) is -0.305. The number of likely N-dealkylation sites (N-methyl/N-ethyl adjacent to an activating group) is 1. The van der Waals surface area contributed by atoms with E-state index in [0.29, 0.717) is 17.7 Å². The first-order chi connectivity index (χ1) is 11.5. The van der Waals surface area contributed by atoms with Crippen LogP contribution in [0.2, 0.25) is 0 Å². The summed E-state index contributed by atoms with van der Waals surface area (Å²) < 4.78 is 0.254. The molecule has 24 heavy (non-hydrogen) atoms. The maximum absolute atomic E-state index is 12.7. The maximum atomic E-state index is 12.7. The number of hydrogen-bond donors (Lipinski definition) is 0. The zero-order valence-electron chi connectivity index (χ0n) is 12.8. The number of benzene rings is 1. The number of hydrogen-bond acceptors (Lipinski definition) is 6. The first-order valence-corrected chi connectivity index (χ1v) is 8.57. The summed E-state index contributed by atoms with van der Waals surface area (Å²) in [7, 11) is 0. The number of thioether (sulfide) groups is 1. The van der Waals surface area contributed by atoms with Gasteiger partial charge in [-0.15, -0.1) is 0 Å². The summed E-state index contributed by atoms with van der Waals surface area (Å²) in [6.45, 7) is 2.30. The Morgan fingerprint density at radius 3 is 2.58 bits per heavy atom. The van der Waals surface area contributed by atoms with Gasteiger partial charge in [0, 0.05) is 31.0 Å². The fourth-order valence-corrected chi connectivity index (χ4v) is 4.14. The molecule has 0 atom stereocenters. The molecule has 0 N–H and O–H groups in total. The van der Waals surface area contributed by atoms with Crippen LogP contribution in [0.3, 0.4) is 0 Å². The van der Waals surface area contributed by atoms with E-state index in [-0.39, 0.29) is 28.1 Å². The lowest BCUT2D eigenvalue weighted by molar-refractivity contribution is -0.305. The topological polar surface area (TPSA) is 80.8 Å². The maximum Gasteiger partial charge on any atom is 0.267 e.